The molecule has 7 heteroatoms. The first-order chi connectivity index (χ1) is 7.94. The second kappa shape index (κ2) is 5.83. The molecule has 0 aliphatic heterocycles. The standard InChI is InChI=1S/C10H17N3O3S/c1-8-6-10(12-7-9(8)11)13-17(14,15)5-3-4-16-2/h6-7H,3-5,11H2,1-2H3,(H,12,13). The molecule has 0 saturated heterocycles. The third-order valence-electron chi connectivity index (χ3n) is 2.17. The van der Waals surface area contributed by atoms with Crippen LogP contribution in [-0.2, 0) is 14.8 Å². The highest BCUT2D eigenvalue weighted by Gasteiger charge is 2.11. The molecule has 3 N–H and O–H groups in total. The zero-order valence-corrected chi connectivity index (χ0v) is 10.8. The van der Waals surface area contributed by atoms with Crippen LogP contribution >= 0.6 is 0 Å². The third kappa shape index (κ3) is 4.58. The van der Waals surface area contributed by atoms with Gasteiger partial charge in [0.15, 0.2) is 0 Å². The first kappa shape index (κ1) is 13.7. The molecule has 1 heterocycles. The summed E-state index contributed by atoms with van der Waals surface area (Å²) in [7, 11) is -1.84. The number of nitrogens with two attached hydrogens (primary N) is 1. The number of pyridine rings is 1. The van der Waals surface area contributed by atoms with Gasteiger partial charge in [0.2, 0.25) is 10.0 Å². The molecule has 17 heavy (non-hydrogen) atoms. The van der Waals surface area contributed by atoms with E-state index in [0.29, 0.717) is 18.7 Å². The first-order valence-corrected chi connectivity index (χ1v) is 6.81. The molecular weight excluding hydrogens is 242 g/mol. The lowest BCUT2D eigenvalue weighted by atomic mass is 10.2. The van der Waals surface area contributed by atoms with Crippen molar-refractivity contribution in [3.8, 4) is 0 Å². The third-order valence-corrected chi connectivity index (χ3v) is 3.52. The van der Waals surface area contributed by atoms with Crippen LogP contribution < -0.4 is 10.5 Å². The molecule has 0 aliphatic rings. The summed E-state index contributed by atoms with van der Waals surface area (Å²) in [5.41, 5.74) is 6.92. The van der Waals surface area contributed by atoms with Crippen LogP contribution in [0.3, 0.4) is 0 Å². The SMILES string of the molecule is COCCCS(=O)(=O)Nc1cc(C)c(N)cn1. The summed E-state index contributed by atoms with van der Waals surface area (Å²) in [5, 5.41) is 0. The van der Waals surface area contributed by atoms with Crippen LogP contribution in [0.15, 0.2) is 12.3 Å². The van der Waals surface area contributed by atoms with Gasteiger partial charge in [-0.2, -0.15) is 0 Å². The van der Waals surface area contributed by atoms with E-state index >= 15 is 0 Å². The Balaban J connectivity index is 2.66. The average Bonchev–Trinajstić information content (AvgIpc) is 2.23. The Morgan fingerprint density at radius 3 is 2.82 bits per heavy atom. The minimum atomic E-state index is -3.37. The minimum Gasteiger partial charge on any atom is -0.397 e. The number of aryl methyl sites for hydroxylation is 1. The van der Waals surface area contributed by atoms with Crippen LogP contribution in [0.4, 0.5) is 11.5 Å². The van der Waals surface area contributed by atoms with Gasteiger partial charge < -0.3 is 10.5 Å². The van der Waals surface area contributed by atoms with Crippen molar-refractivity contribution < 1.29 is 13.2 Å². The highest BCUT2D eigenvalue weighted by molar-refractivity contribution is 7.92. The Morgan fingerprint density at radius 2 is 2.24 bits per heavy atom. The quantitative estimate of drug-likeness (QED) is 0.735. The lowest BCUT2D eigenvalue weighted by molar-refractivity contribution is 0.199. The van der Waals surface area contributed by atoms with Gasteiger partial charge >= 0.3 is 0 Å². The van der Waals surface area contributed by atoms with Gasteiger partial charge in [-0.25, -0.2) is 13.4 Å². The largest absolute Gasteiger partial charge is 0.397 e. The van der Waals surface area contributed by atoms with Crippen molar-refractivity contribution in [2.75, 3.05) is 29.9 Å². The molecule has 0 atom stereocenters. The lowest BCUT2D eigenvalue weighted by Gasteiger charge is -2.08. The molecule has 0 unspecified atom stereocenters. The van der Waals surface area contributed by atoms with Gasteiger partial charge in [-0.3, -0.25) is 4.72 Å². The van der Waals surface area contributed by atoms with Crippen LogP contribution in [-0.4, -0.2) is 32.9 Å². The molecule has 96 valence electrons. The fraction of sp³-hybridized carbons (Fsp3) is 0.500. The topological polar surface area (TPSA) is 94.3 Å². The van der Waals surface area contributed by atoms with Gasteiger partial charge in [0, 0.05) is 13.7 Å². The highest BCUT2D eigenvalue weighted by atomic mass is 32.2. The van der Waals surface area contributed by atoms with E-state index in [4.69, 9.17) is 10.5 Å². The number of methoxy groups -OCH3 is 1. The van der Waals surface area contributed by atoms with Crippen LogP contribution in [0.2, 0.25) is 0 Å². The molecule has 0 aromatic carbocycles. The molecule has 1 aromatic rings. The summed E-state index contributed by atoms with van der Waals surface area (Å²) in [5.74, 6) is 0.292. The van der Waals surface area contributed by atoms with E-state index in [2.05, 4.69) is 9.71 Å². The number of hydrogen-bond acceptors (Lipinski definition) is 5. The summed E-state index contributed by atoms with van der Waals surface area (Å²) < 4.78 is 30.5. The maximum absolute atomic E-state index is 11.6. The van der Waals surface area contributed by atoms with E-state index < -0.39 is 10.0 Å². The summed E-state index contributed by atoms with van der Waals surface area (Å²) in [6, 6.07) is 1.60. The molecule has 0 fully saturated rings. The van der Waals surface area contributed by atoms with Gasteiger partial charge in [0.1, 0.15) is 5.82 Å². The average molecular weight is 259 g/mol. The zero-order valence-electron chi connectivity index (χ0n) is 9.93. The Labute approximate surface area is 101 Å². The number of rotatable bonds is 6. The van der Waals surface area contributed by atoms with Gasteiger partial charge in [-0.15, -0.1) is 0 Å². The Hall–Kier alpha value is -1.34. The second-order valence-corrected chi connectivity index (χ2v) is 5.54. The van der Waals surface area contributed by atoms with E-state index in [0.717, 1.165) is 5.56 Å². The maximum Gasteiger partial charge on any atom is 0.233 e. The molecule has 0 spiro atoms. The lowest BCUT2D eigenvalue weighted by Crippen LogP contribution is -2.18. The fourth-order valence-corrected chi connectivity index (χ4v) is 2.26. The van der Waals surface area contributed by atoms with E-state index in [1.54, 1.807) is 13.0 Å². The van der Waals surface area contributed by atoms with Crippen LogP contribution in [0, 0.1) is 6.92 Å². The summed E-state index contributed by atoms with van der Waals surface area (Å²) in [6.45, 7) is 2.20. The fourth-order valence-electron chi connectivity index (χ4n) is 1.23. The number of anilines is 2. The van der Waals surface area contributed by atoms with Crippen LogP contribution in [0.25, 0.3) is 0 Å². The van der Waals surface area contributed by atoms with Gasteiger partial charge in [0.25, 0.3) is 0 Å². The predicted octanol–water partition coefficient (Wildman–Crippen LogP) is 0.750. The number of nitrogens with one attached hydrogen (secondary N) is 1. The second-order valence-electron chi connectivity index (χ2n) is 3.69. The first-order valence-electron chi connectivity index (χ1n) is 5.16. The van der Waals surface area contributed by atoms with Crippen molar-refractivity contribution in [2.24, 2.45) is 0 Å². The number of sulfonamides is 1. The normalized spacial score (nSPS) is 11.4. The molecule has 0 radical (unpaired) electrons. The van der Waals surface area contributed by atoms with Crippen molar-refractivity contribution >= 4 is 21.5 Å². The smallest absolute Gasteiger partial charge is 0.233 e. The zero-order chi connectivity index (χ0) is 12.9. The molecule has 0 bridgehead atoms. The summed E-state index contributed by atoms with van der Waals surface area (Å²) in [6.07, 6.45) is 1.88. The van der Waals surface area contributed by atoms with Crippen molar-refractivity contribution in [2.45, 2.75) is 13.3 Å². The Morgan fingerprint density at radius 1 is 1.53 bits per heavy atom. The number of aromatic nitrogens is 1. The molecular formula is C10H17N3O3S. The predicted molar refractivity (Wildman–Crippen MR) is 67.3 cm³/mol. The van der Waals surface area contributed by atoms with Crippen molar-refractivity contribution in [3.05, 3.63) is 17.8 Å². The molecule has 0 aliphatic carbocycles. The van der Waals surface area contributed by atoms with E-state index in [1.807, 2.05) is 0 Å². The highest BCUT2D eigenvalue weighted by Crippen LogP contribution is 2.14. The monoisotopic (exact) mass is 259 g/mol. The van der Waals surface area contributed by atoms with Crippen LogP contribution in [0.1, 0.15) is 12.0 Å². The molecule has 6 nitrogen and oxygen atoms in total. The van der Waals surface area contributed by atoms with E-state index in [-0.39, 0.29) is 11.6 Å². The van der Waals surface area contributed by atoms with Crippen LogP contribution in [0.5, 0.6) is 0 Å². The summed E-state index contributed by atoms with van der Waals surface area (Å²) >= 11 is 0. The summed E-state index contributed by atoms with van der Waals surface area (Å²) in [4.78, 5) is 3.91. The number of nitrogens with zero attached hydrogens (tertiary/aromatic N) is 1. The molecule has 0 amide bonds. The number of ether oxygens (including phenoxy) is 1. The van der Waals surface area contributed by atoms with Crippen molar-refractivity contribution in [3.63, 3.8) is 0 Å². The molecule has 1 aromatic heterocycles. The Bertz CT molecular complexity index is 474. The van der Waals surface area contributed by atoms with Gasteiger partial charge in [0.05, 0.1) is 17.6 Å². The number of nitrogen functional groups attached to an aromatic ring is 1. The van der Waals surface area contributed by atoms with E-state index in [9.17, 15) is 8.42 Å². The van der Waals surface area contributed by atoms with Gasteiger partial charge in [-0.1, -0.05) is 0 Å². The van der Waals surface area contributed by atoms with Crippen molar-refractivity contribution in [1.82, 2.24) is 4.98 Å². The number of hydrogen-bond donors (Lipinski definition) is 2. The van der Waals surface area contributed by atoms with Crippen molar-refractivity contribution in [1.29, 1.82) is 0 Å². The Kier molecular flexibility index (Phi) is 4.71. The van der Waals surface area contributed by atoms with Gasteiger partial charge in [-0.05, 0) is 25.0 Å². The molecule has 1 rings (SSSR count). The van der Waals surface area contributed by atoms with E-state index in [1.165, 1.54) is 13.3 Å². The maximum atomic E-state index is 11.6. The molecule has 0 saturated carbocycles. The minimum absolute atomic E-state index is 0.00590.